The second-order valence-electron chi connectivity index (χ2n) is 4.58. The molecular formula is C15H24ClN. The van der Waals surface area contributed by atoms with Crippen molar-refractivity contribution >= 4 is 11.6 Å². The van der Waals surface area contributed by atoms with Crippen molar-refractivity contribution in [2.24, 2.45) is 0 Å². The normalized spacial score (nSPS) is 12.6. The van der Waals surface area contributed by atoms with Crippen LogP contribution in [0, 0.1) is 0 Å². The molecule has 0 aliphatic heterocycles. The molecule has 1 unspecified atom stereocenters. The standard InChI is InChI=1S/C15H24ClN/c1-3-5-6-15(4-2)17-12-11-13-7-9-14(16)10-8-13/h7-10,15,17H,3-6,11-12H2,1-2H3. The van der Waals surface area contributed by atoms with Crippen LogP contribution >= 0.6 is 11.6 Å². The second-order valence-corrected chi connectivity index (χ2v) is 5.01. The van der Waals surface area contributed by atoms with Crippen molar-refractivity contribution in [3.63, 3.8) is 0 Å². The third-order valence-electron chi connectivity index (χ3n) is 3.16. The van der Waals surface area contributed by atoms with Crippen LogP contribution in [0.2, 0.25) is 5.02 Å². The molecule has 1 nitrogen and oxygen atoms in total. The highest BCUT2D eigenvalue weighted by Crippen LogP contribution is 2.10. The second kappa shape index (κ2) is 8.54. The predicted octanol–water partition coefficient (Wildman–Crippen LogP) is 4.44. The van der Waals surface area contributed by atoms with Gasteiger partial charge in [-0.05, 0) is 43.5 Å². The molecule has 0 aliphatic carbocycles. The molecule has 0 heterocycles. The quantitative estimate of drug-likeness (QED) is 0.722. The van der Waals surface area contributed by atoms with E-state index in [1.54, 1.807) is 0 Å². The summed E-state index contributed by atoms with van der Waals surface area (Å²) in [6.07, 6.45) is 6.22. The molecule has 1 rings (SSSR count). The van der Waals surface area contributed by atoms with Crippen LogP contribution in [0.1, 0.15) is 45.1 Å². The van der Waals surface area contributed by atoms with Crippen LogP contribution in [0.5, 0.6) is 0 Å². The van der Waals surface area contributed by atoms with Gasteiger partial charge in [0.1, 0.15) is 0 Å². The van der Waals surface area contributed by atoms with Gasteiger partial charge in [-0.2, -0.15) is 0 Å². The highest BCUT2D eigenvalue weighted by molar-refractivity contribution is 6.30. The van der Waals surface area contributed by atoms with Gasteiger partial charge < -0.3 is 5.32 Å². The average molecular weight is 254 g/mol. The summed E-state index contributed by atoms with van der Waals surface area (Å²) in [4.78, 5) is 0. The summed E-state index contributed by atoms with van der Waals surface area (Å²) in [5.41, 5.74) is 1.35. The van der Waals surface area contributed by atoms with Crippen molar-refractivity contribution in [3.8, 4) is 0 Å². The van der Waals surface area contributed by atoms with Gasteiger partial charge in [0.2, 0.25) is 0 Å². The Morgan fingerprint density at radius 2 is 1.88 bits per heavy atom. The molecule has 0 fully saturated rings. The lowest BCUT2D eigenvalue weighted by Crippen LogP contribution is -2.30. The minimum Gasteiger partial charge on any atom is -0.314 e. The summed E-state index contributed by atoms with van der Waals surface area (Å²) in [7, 11) is 0. The van der Waals surface area contributed by atoms with Gasteiger partial charge in [0.15, 0.2) is 0 Å². The fraction of sp³-hybridized carbons (Fsp3) is 0.600. The van der Waals surface area contributed by atoms with Crippen molar-refractivity contribution < 1.29 is 0 Å². The minimum atomic E-state index is 0.683. The summed E-state index contributed by atoms with van der Waals surface area (Å²) in [6, 6.07) is 8.83. The summed E-state index contributed by atoms with van der Waals surface area (Å²) in [5, 5.41) is 4.45. The molecule has 0 amide bonds. The van der Waals surface area contributed by atoms with E-state index in [4.69, 9.17) is 11.6 Å². The zero-order valence-corrected chi connectivity index (χ0v) is 11.8. The highest BCUT2D eigenvalue weighted by Gasteiger charge is 2.04. The SMILES string of the molecule is CCCCC(CC)NCCc1ccc(Cl)cc1. The Morgan fingerprint density at radius 3 is 2.47 bits per heavy atom. The van der Waals surface area contributed by atoms with E-state index < -0.39 is 0 Å². The summed E-state index contributed by atoms with van der Waals surface area (Å²) >= 11 is 5.86. The van der Waals surface area contributed by atoms with Crippen LogP contribution in [-0.2, 0) is 6.42 Å². The third kappa shape index (κ3) is 6.09. The molecule has 0 bridgehead atoms. The van der Waals surface area contributed by atoms with Crippen molar-refractivity contribution in [1.29, 1.82) is 0 Å². The number of hydrogen-bond donors (Lipinski definition) is 1. The zero-order chi connectivity index (χ0) is 12.5. The van der Waals surface area contributed by atoms with Gasteiger partial charge in [-0.15, -0.1) is 0 Å². The van der Waals surface area contributed by atoms with Crippen LogP contribution < -0.4 is 5.32 Å². The molecule has 0 spiro atoms. The Balaban J connectivity index is 2.23. The van der Waals surface area contributed by atoms with Gasteiger partial charge in [-0.25, -0.2) is 0 Å². The van der Waals surface area contributed by atoms with Crippen molar-refractivity contribution in [3.05, 3.63) is 34.9 Å². The molecule has 0 saturated carbocycles. The minimum absolute atomic E-state index is 0.683. The molecule has 1 aromatic rings. The fourth-order valence-electron chi connectivity index (χ4n) is 1.97. The van der Waals surface area contributed by atoms with Crippen LogP contribution in [0.25, 0.3) is 0 Å². The predicted molar refractivity (Wildman–Crippen MR) is 76.8 cm³/mol. The lowest BCUT2D eigenvalue weighted by atomic mass is 10.1. The Kier molecular flexibility index (Phi) is 7.30. The molecule has 1 atom stereocenters. The van der Waals surface area contributed by atoms with Gasteiger partial charge >= 0.3 is 0 Å². The first kappa shape index (κ1) is 14.5. The maximum Gasteiger partial charge on any atom is 0.0406 e. The lowest BCUT2D eigenvalue weighted by Gasteiger charge is -2.16. The van der Waals surface area contributed by atoms with E-state index in [1.807, 2.05) is 12.1 Å². The first-order chi connectivity index (χ1) is 8.26. The molecule has 96 valence electrons. The Labute approximate surface area is 111 Å². The molecule has 1 N–H and O–H groups in total. The maximum absolute atomic E-state index is 5.86. The fourth-order valence-corrected chi connectivity index (χ4v) is 2.10. The van der Waals surface area contributed by atoms with Gasteiger partial charge in [-0.1, -0.05) is 50.4 Å². The zero-order valence-electron chi connectivity index (χ0n) is 11.0. The van der Waals surface area contributed by atoms with Crippen molar-refractivity contribution in [2.45, 2.75) is 52.0 Å². The Hall–Kier alpha value is -0.530. The number of rotatable bonds is 8. The molecule has 1 aromatic carbocycles. The van der Waals surface area contributed by atoms with Gasteiger partial charge in [0.05, 0.1) is 0 Å². The number of hydrogen-bond acceptors (Lipinski definition) is 1. The molecule has 0 aliphatic rings. The maximum atomic E-state index is 5.86. The largest absolute Gasteiger partial charge is 0.314 e. The third-order valence-corrected chi connectivity index (χ3v) is 3.41. The van der Waals surface area contributed by atoms with Crippen molar-refractivity contribution in [1.82, 2.24) is 5.32 Å². The molecule has 17 heavy (non-hydrogen) atoms. The summed E-state index contributed by atoms with van der Waals surface area (Å²) in [5.74, 6) is 0. The summed E-state index contributed by atoms with van der Waals surface area (Å²) in [6.45, 7) is 5.57. The van der Waals surface area contributed by atoms with Gasteiger partial charge in [0.25, 0.3) is 0 Å². The van der Waals surface area contributed by atoms with E-state index in [-0.39, 0.29) is 0 Å². The van der Waals surface area contributed by atoms with E-state index in [1.165, 1.54) is 31.2 Å². The molecule has 0 radical (unpaired) electrons. The van der Waals surface area contributed by atoms with E-state index >= 15 is 0 Å². The number of benzene rings is 1. The van der Waals surface area contributed by atoms with Crippen LogP contribution in [0.4, 0.5) is 0 Å². The molecule has 2 heteroatoms. The first-order valence-corrected chi connectivity index (χ1v) is 7.11. The lowest BCUT2D eigenvalue weighted by molar-refractivity contribution is 0.456. The van der Waals surface area contributed by atoms with E-state index in [0.717, 1.165) is 18.0 Å². The topological polar surface area (TPSA) is 12.0 Å². The first-order valence-electron chi connectivity index (χ1n) is 6.74. The number of nitrogens with one attached hydrogen (secondary N) is 1. The molecule has 0 aromatic heterocycles. The van der Waals surface area contributed by atoms with Crippen LogP contribution in [0.3, 0.4) is 0 Å². The van der Waals surface area contributed by atoms with E-state index in [2.05, 4.69) is 31.3 Å². The smallest absolute Gasteiger partial charge is 0.0406 e. The summed E-state index contributed by atoms with van der Waals surface area (Å²) < 4.78 is 0. The van der Waals surface area contributed by atoms with Gasteiger partial charge in [0, 0.05) is 11.1 Å². The van der Waals surface area contributed by atoms with Crippen molar-refractivity contribution in [2.75, 3.05) is 6.54 Å². The van der Waals surface area contributed by atoms with Crippen LogP contribution in [-0.4, -0.2) is 12.6 Å². The monoisotopic (exact) mass is 253 g/mol. The van der Waals surface area contributed by atoms with E-state index in [9.17, 15) is 0 Å². The van der Waals surface area contributed by atoms with Crippen LogP contribution in [0.15, 0.2) is 24.3 Å². The highest BCUT2D eigenvalue weighted by atomic mass is 35.5. The number of halogens is 1. The Morgan fingerprint density at radius 1 is 1.18 bits per heavy atom. The average Bonchev–Trinajstić information content (AvgIpc) is 2.36. The number of unbranched alkanes of at least 4 members (excludes halogenated alkanes) is 1. The van der Waals surface area contributed by atoms with E-state index in [0.29, 0.717) is 6.04 Å². The molecule has 0 saturated heterocycles. The molecular weight excluding hydrogens is 230 g/mol. The Bertz CT molecular complexity index is 294. The van der Waals surface area contributed by atoms with Gasteiger partial charge in [-0.3, -0.25) is 0 Å².